The van der Waals surface area contributed by atoms with Crippen LogP contribution in [0.2, 0.25) is 0 Å². The molecular weight excluding hydrogens is 339 g/mol. The number of aromatic hydroxyl groups is 1. The van der Waals surface area contributed by atoms with Crippen LogP contribution in [0.3, 0.4) is 0 Å². The lowest BCUT2D eigenvalue weighted by Gasteiger charge is -2.27. The average molecular weight is 356 g/mol. The minimum atomic E-state index is -4.25. The number of hydrogen-bond donors (Lipinski definition) is 1. The van der Waals surface area contributed by atoms with E-state index in [9.17, 15) is 18.3 Å². The molecule has 114 valence electrons. The Labute approximate surface area is 124 Å². The van der Waals surface area contributed by atoms with Gasteiger partial charge in [0.05, 0.1) is 18.1 Å². The Bertz CT molecular complexity index is 464. The highest BCUT2D eigenvalue weighted by atomic mass is 79.9. The van der Waals surface area contributed by atoms with Crippen LogP contribution in [0.5, 0.6) is 11.5 Å². The predicted octanol–water partition coefficient (Wildman–Crippen LogP) is 3.94. The van der Waals surface area contributed by atoms with E-state index in [1.165, 1.54) is 18.1 Å². The molecule has 0 radical (unpaired) electrons. The quantitative estimate of drug-likeness (QED) is 0.868. The molecule has 0 atom stereocenters. The fraction of sp³-hybridized carbons (Fsp3) is 0.538. The SMILES string of the molecule is COc1cc(CN(CC(F)(F)F)C(C)C)cc(Br)c1O. The summed E-state index contributed by atoms with van der Waals surface area (Å²) in [5.74, 6) is 0.160. The lowest BCUT2D eigenvalue weighted by molar-refractivity contribution is -0.150. The minimum absolute atomic E-state index is 0.0665. The number of phenolic OH excluding ortho intramolecular Hbond substituents is 1. The van der Waals surface area contributed by atoms with Gasteiger partial charge in [0, 0.05) is 12.6 Å². The number of methoxy groups -OCH3 is 1. The third-order valence-electron chi connectivity index (χ3n) is 2.81. The maximum atomic E-state index is 12.5. The topological polar surface area (TPSA) is 32.7 Å². The number of benzene rings is 1. The molecule has 20 heavy (non-hydrogen) atoms. The molecule has 0 aliphatic carbocycles. The van der Waals surface area contributed by atoms with Crippen LogP contribution < -0.4 is 4.74 Å². The molecule has 0 unspecified atom stereocenters. The van der Waals surface area contributed by atoms with E-state index >= 15 is 0 Å². The number of rotatable bonds is 5. The lowest BCUT2D eigenvalue weighted by atomic mass is 10.1. The maximum absolute atomic E-state index is 12.5. The Morgan fingerprint density at radius 3 is 2.40 bits per heavy atom. The third kappa shape index (κ3) is 4.86. The first-order valence-corrected chi connectivity index (χ1v) is 6.79. The minimum Gasteiger partial charge on any atom is -0.503 e. The van der Waals surface area contributed by atoms with Gasteiger partial charge in [-0.15, -0.1) is 0 Å². The summed E-state index contributed by atoms with van der Waals surface area (Å²) < 4.78 is 43.0. The van der Waals surface area contributed by atoms with E-state index in [1.807, 2.05) is 0 Å². The van der Waals surface area contributed by atoms with Crippen LogP contribution in [0.15, 0.2) is 16.6 Å². The first-order valence-electron chi connectivity index (χ1n) is 6.00. The fourth-order valence-electron chi connectivity index (χ4n) is 1.76. The van der Waals surface area contributed by atoms with Crippen LogP contribution in [0.1, 0.15) is 19.4 Å². The van der Waals surface area contributed by atoms with Crippen molar-refractivity contribution >= 4 is 15.9 Å². The van der Waals surface area contributed by atoms with Crippen molar-refractivity contribution in [2.75, 3.05) is 13.7 Å². The summed E-state index contributed by atoms with van der Waals surface area (Å²) in [4.78, 5) is 1.30. The van der Waals surface area contributed by atoms with Gasteiger partial charge in [-0.05, 0) is 47.5 Å². The van der Waals surface area contributed by atoms with Crippen molar-refractivity contribution in [2.24, 2.45) is 0 Å². The van der Waals surface area contributed by atoms with E-state index in [1.54, 1.807) is 19.9 Å². The van der Waals surface area contributed by atoms with Crippen molar-refractivity contribution in [1.82, 2.24) is 4.90 Å². The first kappa shape index (κ1) is 17.1. The Morgan fingerprint density at radius 2 is 1.95 bits per heavy atom. The molecule has 0 aliphatic rings. The van der Waals surface area contributed by atoms with Gasteiger partial charge in [0.15, 0.2) is 11.5 Å². The highest BCUT2D eigenvalue weighted by molar-refractivity contribution is 9.10. The smallest absolute Gasteiger partial charge is 0.401 e. The van der Waals surface area contributed by atoms with Crippen molar-refractivity contribution in [1.29, 1.82) is 0 Å². The highest BCUT2D eigenvalue weighted by Crippen LogP contribution is 2.35. The zero-order chi connectivity index (χ0) is 15.5. The van der Waals surface area contributed by atoms with Crippen LogP contribution >= 0.6 is 15.9 Å². The molecule has 0 amide bonds. The number of nitrogens with zero attached hydrogens (tertiary/aromatic N) is 1. The van der Waals surface area contributed by atoms with Crippen molar-refractivity contribution in [3.63, 3.8) is 0 Å². The van der Waals surface area contributed by atoms with Crippen LogP contribution in [0.25, 0.3) is 0 Å². The number of alkyl halides is 3. The lowest BCUT2D eigenvalue weighted by Crippen LogP contribution is -2.38. The monoisotopic (exact) mass is 355 g/mol. The molecule has 0 heterocycles. The van der Waals surface area contributed by atoms with Crippen molar-refractivity contribution in [2.45, 2.75) is 32.6 Å². The van der Waals surface area contributed by atoms with Gasteiger partial charge in [-0.1, -0.05) is 0 Å². The number of phenols is 1. The molecule has 1 N–H and O–H groups in total. The zero-order valence-corrected chi connectivity index (χ0v) is 13.0. The highest BCUT2D eigenvalue weighted by Gasteiger charge is 2.31. The molecule has 3 nitrogen and oxygen atoms in total. The number of hydrogen-bond acceptors (Lipinski definition) is 3. The van der Waals surface area contributed by atoms with E-state index in [2.05, 4.69) is 15.9 Å². The van der Waals surface area contributed by atoms with Gasteiger partial charge in [0.1, 0.15) is 0 Å². The standard InChI is InChI=1S/C13H17BrF3NO2/c1-8(2)18(7-13(15,16)17)6-9-4-10(14)12(19)11(5-9)20-3/h4-5,8,19H,6-7H2,1-3H3. The Morgan fingerprint density at radius 1 is 1.35 bits per heavy atom. The molecule has 0 aromatic heterocycles. The largest absolute Gasteiger partial charge is 0.503 e. The van der Waals surface area contributed by atoms with Crippen LogP contribution in [-0.2, 0) is 6.54 Å². The van der Waals surface area contributed by atoms with Crippen molar-refractivity contribution < 1.29 is 23.0 Å². The van der Waals surface area contributed by atoms with Crippen molar-refractivity contribution in [3.05, 3.63) is 22.2 Å². The summed E-state index contributed by atoms with van der Waals surface area (Å²) in [6.45, 7) is 2.55. The van der Waals surface area contributed by atoms with Gasteiger partial charge in [0.25, 0.3) is 0 Å². The normalized spacial score (nSPS) is 12.2. The summed E-state index contributed by atoms with van der Waals surface area (Å²) in [6.07, 6.45) is -4.25. The zero-order valence-electron chi connectivity index (χ0n) is 11.5. The van der Waals surface area contributed by atoms with Gasteiger partial charge in [0.2, 0.25) is 0 Å². The van der Waals surface area contributed by atoms with Crippen LogP contribution in [0, 0.1) is 0 Å². The van der Waals surface area contributed by atoms with Crippen molar-refractivity contribution in [3.8, 4) is 11.5 Å². The molecule has 0 saturated carbocycles. The molecule has 0 fully saturated rings. The van der Waals surface area contributed by atoms with Gasteiger partial charge in [-0.2, -0.15) is 13.2 Å². The molecule has 0 saturated heterocycles. The fourth-order valence-corrected chi connectivity index (χ4v) is 2.25. The first-order chi connectivity index (χ1) is 9.14. The molecule has 0 bridgehead atoms. The summed E-state index contributed by atoms with van der Waals surface area (Å²) in [7, 11) is 1.39. The second-order valence-electron chi connectivity index (χ2n) is 4.74. The maximum Gasteiger partial charge on any atom is 0.401 e. The summed E-state index contributed by atoms with van der Waals surface area (Å²) in [6, 6.07) is 2.87. The van der Waals surface area contributed by atoms with Gasteiger partial charge >= 0.3 is 6.18 Å². The summed E-state index contributed by atoms with van der Waals surface area (Å²) in [5, 5.41) is 9.69. The summed E-state index contributed by atoms with van der Waals surface area (Å²) in [5.41, 5.74) is 0.629. The number of halogens is 4. The van der Waals surface area contributed by atoms with E-state index in [4.69, 9.17) is 4.74 Å². The summed E-state index contributed by atoms with van der Waals surface area (Å²) >= 11 is 3.16. The molecule has 0 spiro atoms. The Kier molecular flexibility index (Phi) is 5.70. The Hall–Kier alpha value is -0.950. The predicted molar refractivity (Wildman–Crippen MR) is 74.0 cm³/mol. The second kappa shape index (κ2) is 6.67. The van der Waals surface area contributed by atoms with E-state index in [0.29, 0.717) is 10.0 Å². The molecular formula is C13H17BrF3NO2. The molecule has 1 aromatic carbocycles. The van der Waals surface area contributed by atoms with Crippen LogP contribution in [0.4, 0.5) is 13.2 Å². The average Bonchev–Trinajstić information content (AvgIpc) is 2.30. The van der Waals surface area contributed by atoms with E-state index in [0.717, 1.165) is 0 Å². The van der Waals surface area contributed by atoms with E-state index < -0.39 is 12.7 Å². The molecule has 0 aliphatic heterocycles. The Balaban J connectivity index is 2.97. The van der Waals surface area contributed by atoms with Gasteiger partial charge in [-0.3, -0.25) is 4.90 Å². The van der Waals surface area contributed by atoms with Gasteiger partial charge < -0.3 is 9.84 Å². The molecule has 1 rings (SSSR count). The number of ether oxygens (including phenoxy) is 1. The van der Waals surface area contributed by atoms with Gasteiger partial charge in [-0.25, -0.2) is 0 Å². The molecule has 1 aromatic rings. The third-order valence-corrected chi connectivity index (χ3v) is 3.41. The molecule has 7 heteroatoms. The second-order valence-corrected chi connectivity index (χ2v) is 5.60. The van der Waals surface area contributed by atoms with Crippen LogP contribution in [-0.4, -0.2) is 35.9 Å². The van der Waals surface area contributed by atoms with E-state index in [-0.39, 0.29) is 24.1 Å².